The Hall–Kier alpha value is -3.79. The van der Waals surface area contributed by atoms with Gasteiger partial charge in [0.05, 0.1) is 16.7 Å². The number of hydrazone groups is 1. The molecule has 0 spiro atoms. The van der Waals surface area contributed by atoms with E-state index in [1.54, 1.807) is 0 Å². The van der Waals surface area contributed by atoms with Crippen molar-refractivity contribution in [2.75, 3.05) is 0 Å². The number of nitro groups is 1. The third-order valence-corrected chi connectivity index (χ3v) is 3.07. The van der Waals surface area contributed by atoms with E-state index >= 15 is 0 Å². The summed E-state index contributed by atoms with van der Waals surface area (Å²) in [5, 5.41) is 32.5. The summed E-state index contributed by atoms with van der Waals surface area (Å²) in [6.07, 6.45) is 1.01. The molecule has 2 aromatic rings. The standard InChI is InChI=1S/C15H12N4O6/c20-12-4-5-13(19(24)25)11(7-12)8-16-17-14(21)9-2-1-3-10(6-9)15(22)18-23/h1-8,20,23H,(H,17,21)(H,18,22)/b16-8+. The van der Waals surface area contributed by atoms with Crippen LogP contribution in [-0.2, 0) is 0 Å². The molecule has 10 nitrogen and oxygen atoms in total. The van der Waals surface area contributed by atoms with Crippen molar-refractivity contribution in [2.45, 2.75) is 0 Å². The molecule has 0 aliphatic rings. The van der Waals surface area contributed by atoms with Gasteiger partial charge < -0.3 is 5.11 Å². The molecule has 25 heavy (non-hydrogen) atoms. The predicted molar refractivity (Wildman–Crippen MR) is 85.5 cm³/mol. The van der Waals surface area contributed by atoms with Crippen LogP contribution in [0.2, 0.25) is 0 Å². The van der Waals surface area contributed by atoms with Crippen LogP contribution in [0, 0.1) is 10.1 Å². The zero-order valence-electron chi connectivity index (χ0n) is 12.5. The highest BCUT2D eigenvalue weighted by Crippen LogP contribution is 2.21. The van der Waals surface area contributed by atoms with Crippen molar-refractivity contribution in [3.63, 3.8) is 0 Å². The highest BCUT2D eigenvalue weighted by molar-refractivity contribution is 5.99. The molecular weight excluding hydrogens is 332 g/mol. The molecule has 0 bridgehead atoms. The first-order valence-electron chi connectivity index (χ1n) is 6.77. The molecule has 0 aliphatic carbocycles. The molecule has 2 aromatic carbocycles. The van der Waals surface area contributed by atoms with Gasteiger partial charge in [0.1, 0.15) is 5.75 Å². The van der Waals surface area contributed by atoms with Crippen LogP contribution in [0.5, 0.6) is 5.75 Å². The summed E-state index contributed by atoms with van der Waals surface area (Å²) in [5.41, 5.74) is 3.45. The van der Waals surface area contributed by atoms with E-state index in [1.165, 1.54) is 29.7 Å². The molecular formula is C15H12N4O6. The minimum absolute atomic E-state index is 0.00120. The number of hydroxylamine groups is 1. The first kappa shape index (κ1) is 17.6. The number of phenols is 1. The van der Waals surface area contributed by atoms with Crippen LogP contribution in [0.3, 0.4) is 0 Å². The number of carbonyl (C=O) groups is 2. The summed E-state index contributed by atoms with van der Waals surface area (Å²) in [6.45, 7) is 0. The van der Waals surface area contributed by atoms with Crippen LogP contribution in [0.4, 0.5) is 5.69 Å². The monoisotopic (exact) mass is 344 g/mol. The predicted octanol–water partition coefficient (Wildman–Crippen LogP) is 1.18. The molecule has 0 aliphatic heterocycles. The zero-order chi connectivity index (χ0) is 18.4. The average Bonchev–Trinajstić information content (AvgIpc) is 2.60. The Balaban J connectivity index is 2.15. The van der Waals surface area contributed by atoms with Crippen LogP contribution in [0.25, 0.3) is 0 Å². The first-order chi connectivity index (χ1) is 11.9. The molecule has 2 amide bonds. The Bertz CT molecular complexity index is 865. The number of nitrogens with one attached hydrogen (secondary N) is 2. The smallest absolute Gasteiger partial charge is 0.278 e. The van der Waals surface area contributed by atoms with Crippen molar-refractivity contribution in [1.29, 1.82) is 0 Å². The largest absolute Gasteiger partial charge is 0.508 e. The van der Waals surface area contributed by atoms with Crippen molar-refractivity contribution in [1.82, 2.24) is 10.9 Å². The van der Waals surface area contributed by atoms with Gasteiger partial charge in [0.2, 0.25) is 0 Å². The van der Waals surface area contributed by atoms with Crippen molar-refractivity contribution in [3.8, 4) is 5.75 Å². The summed E-state index contributed by atoms with van der Waals surface area (Å²) in [6, 6.07) is 8.86. The lowest BCUT2D eigenvalue weighted by atomic mass is 10.1. The Morgan fingerprint density at radius 3 is 2.44 bits per heavy atom. The van der Waals surface area contributed by atoms with Gasteiger partial charge in [-0.05, 0) is 30.3 Å². The normalized spacial score (nSPS) is 10.4. The van der Waals surface area contributed by atoms with E-state index in [2.05, 4.69) is 10.5 Å². The number of amides is 2. The van der Waals surface area contributed by atoms with Gasteiger partial charge in [0, 0.05) is 17.2 Å². The van der Waals surface area contributed by atoms with Gasteiger partial charge in [-0.25, -0.2) is 10.9 Å². The molecule has 0 fully saturated rings. The maximum absolute atomic E-state index is 12.0. The number of rotatable bonds is 5. The summed E-state index contributed by atoms with van der Waals surface area (Å²) in [7, 11) is 0. The van der Waals surface area contributed by atoms with E-state index < -0.39 is 16.7 Å². The van der Waals surface area contributed by atoms with Crippen molar-refractivity contribution < 1.29 is 24.8 Å². The lowest BCUT2D eigenvalue weighted by molar-refractivity contribution is -0.385. The maximum atomic E-state index is 12.0. The third-order valence-electron chi connectivity index (χ3n) is 3.07. The number of nitro benzene ring substituents is 1. The van der Waals surface area contributed by atoms with Gasteiger partial charge in [-0.2, -0.15) is 5.10 Å². The Morgan fingerprint density at radius 2 is 1.80 bits per heavy atom. The quantitative estimate of drug-likeness (QED) is 0.276. The molecule has 0 saturated carbocycles. The highest BCUT2D eigenvalue weighted by atomic mass is 16.6. The van der Waals surface area contributed by atoms with E-state index in [4.69, 9.17) is 5.21 Å². The van der Waals surface area contributed by atoms with E-state index in [9.17, 15) is 24.8 Å². The van der Waals surface area contributed by atoms with E-state index in [-0.39, 0.29) is 28.1 Å². The molecule has 0 heterocycles. The van der Waals surface area contributed by atoms with Crippen molar-refractivity contribution in [3.05, 3.63) is 69.3 Å². The van der Waals surface area contributed by atoms with E-state index in [1.807, 2.05) is 0 Å². The fourth-order valence-electron chi connectivity index (χ4n) is 1.90. The highest BCUT2D eigenvalue weighted by Gasteiger charge is 2.13. The molecule has 10 heteroatoms. The summed E-state index contributed by atoms with van der Waals surface area (Å²) < 4.78 is 0. The summed E-state index contributed by atoms with van der Waals surface area (Å²) >= 11 is 0. The van der Waals surface area contributed by atoms with Crippen LogP contribution in [0.15, 0.2) is 47.6 Å². The van der Waals surface area contributed by atoms with E-state index in [0.29, 0.717) is 0 Å². The Morgan fingerprint density at radius 1 is 1.12 bits per heavy atom. The number of hydrogen-bond acceptors (Lipinski definition) is 7. The molecule has 4 N–H and O–H groups in total. The lowest BCUT2D eigenvalue weighted by Gasteiger charge is -2.03. The van der Waals surface area contributed by atoms with Crippen molar-refractivity contribution in [2.24, 2.45) is 5.10 Å². The van der Waals surface area contributed by atoms with Crippen LogP contribution >= 0.6 is 0 Å². The molecule has 0 unspecified atom stereocenters. The summed E-state index contributed by atoms with van der Waals surface area (Å²) in [4.78, 5) is 33.5. The number of aromatic hydroxyl groups is 1. The number of benzene rings is 2. The van der Waals surface area contributed by atoms with Crippen molar-refractivity contribution >= 4 is 23.7 Å². The zero-order valence-corrected chi connectivity index (χ0v) is 12.5. The second-order valence-corrected chi connectivity index (χ2v) is 4.72. The minimum Gasteiger partial charge on any atom is -0.508 e. The van der Waals surface area contributed by atoms with Gasteiger partial charge in [-0.15, -0.1) is 0 Å². The Kier molecular flexibility index (Phi) is 5.38. The van der Waals surface area contributed by atoms with Crippen LogP contribution < -0.4 is 10.9 Å². The van der Waals surface area contributed by atoms with Gasteiger partial charge in [0.25, 0.3) is 17.5 Å². The molecule has 0 saturated heterocycles. The number of hydrogen-bond donors (Lipinski definition) is 4. The second-order valence-electron chi connectivity index (χ2n) is 4.72. The lowest BCUT2D eigenvalue weighted by Crippen LogP contribution is -2.21. The summed E-state index contributed by atoms with van der Waals surface area (Å²) in [5.74, 6) is -1.65. The minimum atomic E-state index is -0.784. The first-order valence-corrected chi connectivity index (χ1v) is 6.77. The fourth-order valence-corrected chi connectivity index (χ4v) is 1.90. The number of carbonyl (C=O) groups excluding carboxylic acids is 2. The van der Waals surface area contributed by atoms with Gasteiger partial charge >= 0.3 is 0 Å². The molecule has 0 aromatic heterocycles. The second kappa shape index (κ2) is 7.66. The van der Waals surface area contributed by atoms with Crippen LogP contribution in [0.1, 0.15) is 26.3 Å². The van der Waals surface area contributed by atoms with Gasteiger partial charge in [-0.1, -0.05) is 6.07 Å². The Labute approximate surface area is 140 Å². The fraction of sp³-hybridized carbons (Fsp3) is 0. The molecule has 2 rings (SSSR count). The van der Waals surface area contributed by atoms with Gasteiger partial charge in [0.15, 0.2) is 0 Å². The third kappa shape index (κ3) is 4.36. The molecule has 128 valence electrons. The number of phenolic OH excluding ortho intramolecular Hbond substituents is 1. The van der Waals surface area contributed by atoms with E-state index in [0.717, 1.165) is 24.4 Å². The topological polar surface area (TPSA) is 154 Å². The SMILES string of the molecule is O=C(NO)c1cccc(C(=O)N/N=C/c2cc(O)ccc2[N+](=O)[O-])c1. The maximum Gasteiger partial charge on any atom is 0.278 e. The van der Waals surface area contributed by atoms with Gasteiger partial charge in [-0.3, -0.25) is 24.9 Å². The van der Waals surface area contributed by atoms with Crippen LogP contribution in [-0.4, -0.2) is 33.3 Å². The molecule has 0 atom stereocenters. The average molecular weight is 344 g/mol. The molecule has 0 radical (unpaired) electrons. The number of nitrogens with zero attached hydrogens (tertiary/aromatic N) is 2.